The van der Waals surface area contributed by atoms with Crippen LogP contribution in [0, 0.1) is 5.92 Å². The zero-order chi connectivity index (χ0) is 29.8. The number of carbonyl (C=O) groups excluding carboxylic acids is 2. The lowest BCUT2D eigenvalue weighted by Gasteiger charge is -2.48. The van der Waals surface area contributed by atoms with Gasteiger partial charge in [0.1, 0.15) is 11.8 Å². The first-order valence-electron chi connectivity index (χ1n) is 13.5. The van der Waals surface area contributed by atoms with E-state index < -0.39 is 33.7 Å². The third kappa shape index (κ3) is 7.30. The van der Waals surface area contributed by atoms with Gasteiger partial charge in [0.15, 0.2) is 11.7 Å². The third-order valence-corrected chi connectivity index (χ3v) is 8.83. The molecule has 0 spiro atoms. The van der Waals surface area contributed by atoms with E-state index in [4.69, 9.17) is 15.2 Å². The first-order valence-corrected chi connectivity index (χ1v) is 14.9. The molecule has 0 bridgehead atoms. The Morgan fingerprint density at radius 1 is 0.952 bits per heavy atom. The number of carbonyl (C=O) groups is 2. The van der Waals surface area contributed by atoms with Crippen molar-refractivity contribution in [1.29, 1.82) is 0 Å². The Kier molecular flexibility index (Phi) is 10.8. The normalized spacial score (nSPS) is 16.0. The predicted octanol–water partition coefficient (Wildman–Crippen LogP) is 3.61. The van der Waals surface area contributed by atoms with Gasteiger partial charge < -0.3 is 20.1 Å². The van der Waals surface area contributed by atoms with Crippen molar-refractivity contribution in [1.82, 2.24) is 9.21 Å². The molecule has 0 saturated carbocycles. The summed E-state index contributed by atoms with van der Waals surface area (Å²) in [4.78, 5) is 26.6. The molecule has 0 aromatic heterocycles. The van der Waals surface area contributed by atoms with E-state index in [1.807, 2.05) is 60.7 Å². The SMILES string of the molecule is CC(C)C(OC(=O)[C@@H](N)Cc1cccc(S(=O)(=O)N2CC(Oc3ccccc3)(c3ccccc3)C2)c1)C(=O)N(C)C.Cl. The molecular formula is C31H38ClN3O6S. The predicted molar refractivity (Wildman–Crippen MR) is 163 cm³/mol. The number of benzene rings is 3. The lowest BCUT2D eigenvalue weighted by molar-refractivity contribution is -0.163. The zero-order valence-electron chi connectivity index (χ0n) is 24.2. The van der Waals surface area contributed by atoms with E-state index in [9.17, 15) is 18.0 Å². The maximum Gasteiger partial charge on any atom is 0.324 e. The number of rotatable bonds is 11. The van der Waals surface area contributed by atoms with Crippen LogP contribution in [0.15, 0.2) is 89.8 Å². The van der Waals surface area contributed by atoms with Crippen molar-refractivity contribution >= 4 is 34.3 Å². The smallest absolute Gasteiger partial charge is 0.324 e. The number of halogens is 1. The summed E-state index contributed by atoms with van der Waals surface area (Å²) in [5, 5.41) is 0. The molecular weight excluding hydrogens is 578 g/mol. The number of para-hydroxylation sites is 1. The van der Waals surface area contributed by atoms with Crippen molar-refractivity contribution in [2.75, 3.05) is 27.2 Å². The molecule has 11 heteroatoms. The quantitative estimate of drug-likeness (QED) is 0.327. The summed E-state index contributed by atoms with van der Waals surface area (Å²) in [6.45, 7) is 3.85. The lowest BCUT2D eigenvalue weighted by Crippen LogP contribution is -2.63. The van der Waals surface area contributed by atoms with Gasteiger partial charge in [-0.05, 0) is 47.7 Å². The molecule has 0 aliphatic carbocycles. The van der Waals surface area contributed by atoms with Crippen LogP contribution in [0.4, 0.5) is 0 Å². The van der Waals surface area contributed by atoms with Gasteiger partial charge in [-0.15, -0.1) is 12.4 Å². The van der Waals surface area contributed by atoms with Crippen molar-refractivity contribution in [3.05, 3.63) is 96.1 Å². The molecule has 1 fully saturated rings. The standard InChI is InChI=1S/C31H37N3O6S.ClH/c1-22(2)28(29(35)33(3)4)39-30(36)27(32)19-23-12-11-17-26(18-23)41(37,38)34-20-31(21-34,24-13-7-5-8-14-24)40-25-15-9-6-10-16-25;/h5-18,22,27-28H,19-21,32H2,1-4H3;1H/t27-,28?;/m0./s1. The molecule has 3 aromatic carbocycles. The number of hydrogen-bond acceptors (Lipinski definition) is 7. The highest BCUT2D eigenvalue weighted by Crippen LogP contribution is 2.40. The summed E-state index contributed by atoms with van der Waals surface area (Å²) in [7, 11) is -0.676. The largest absolute Gasteiger partial charge is 0.480 e. The molecule has 0 radical (unpaired) electrons. The van der Waals surface area contributed by atoms with Crippen LogP contribution in [0.3, 0.4) is 0 Å². The lowest BCUT2D eigenvalue weighted by atomic mass is 9.87. The fourth-order valence-corrected chi connectivity index (χ4v) is 6.32. The van der Waals surface area contributed by atoms with Gasteiger partial charge >= 0.3 is 5.97 Å². The van der Waals surface area contributed by atoms with Crippen molar-refractivity contribution < 1.29 is 27.5 Å². The summed E-state index contributed by atoms with van der Waals surface area (Å²) in [5.74, 6) is -0.630. The summed E-state index contributed by atoms with van der Waals surface area (Å²) in [6.07, 6.45) is -0.904. The molecule has 3 aromatic rings. The van der Waals surface area contributed by atoms with E-state index in [0.29, 0.717) is 11.3 Å². The molecule has 226 valence electrons. The highest BCUT2D eigenvalue weighted by Gasteiger charge is 2.52. The van der Waals surface area contributed by atoms with Crippen molar-refractivity contribution in [3.63, 3.8) is 0 Å². The Hall–Kier alpha value is -3.44. The number of nitrogens with zero attached hydrogens (tertiary/aromatic N) is 2. The monoisotopic (exact) mass is 615 g/mol. The van der Waals surface area contributed by atoms with Crippen LogP contribution in [0.2, 0.25) is 0 Å². The van der Waals surface area contributed by atoms with Gasteiger partial charge in [0, 0.05) is 14.1 Å². The number of hydrogen-bond donors (Lipinski definition) is 1. The van der Waals surface area contributed by atoms with Crippen LogP contribution in [0.25, 0.3) is 0 Å². The van der Waals surface area contributed by atoms with E-state index in [0.717, 1.165) is 5.56 Å². The van der Waals surface area contributed by atoms with Crippen molar-refractivity contribution in [2.45, 2.75) is 42.9 Å². The Bertz CT molecular complexity index is 1460. The minimum Gasteiger partial charge on any atom is -0.480 e. The van der Waals surface area contributed by atoms with E-state index in [2.05, 4.69) is 0 Å². The van der Waals surface area contributed by atoms with E-state index in [1.165, 1.54) is 21.3 Å². The number of likely N-dealkylation sites (N-methyl/N-ethyl adjacent to an activating group) is 1. The number of sulfonamides is 1. The maximum absolute atomic E-state index is 13.6. The van der Waals surface area contributed by atoms with Crippen LogP contribution in [0.1, 0.15) is 25.0 Å². The van der Waals surface area contributed by atoms with Gasteiger partial charge in [-0.25, -0.2) is 8.42 Å². The summed E-state index contributed by atoms with van der Waals surface area (Å²) >= 11 is 0. The Morgan fingerprint density at radius 3 is 2.12 bits per heavy atom. The second-order valence-corrected chi connectivity index (χ2v) is 12.8. The molecule has 1 unspecified atom stereocenters. The Balaban J connectivity index is 0.00000484. The topological polar surface area (TPSA) is 119 Å². The molecule has 1 aliphatic rings. The molecule has 1 heterocycles. The minimum atomic E-state index is -3.86. The maximum atomic E-state index is 13.6. The molecule has 2 atom stereocenters. The molecule has 1 aliphatic heterocycles. The number of amides is 1. The minimum absolute atomic E-state index is 0. The van der Waals surface area contributed by atoms with E-state index in [-0.39, 0.29) is 48.6 Å². The summed E-state index contributed by atoms with van der Waals surface area (Å²) in [5.41, 5.74) is 6.76. The third-order valence-electron chi connectivity index (χ3n) is 7.05. The van der Waals surface area contributed by atoms with Crippen molar-refractivity contribution in [3.8, 4) is 5.75 Å². The Labute approximate surface area is 254 Å². The van der Waals surface area contributed by atoms with Gasteiger partial charge in [0.05, 0.1) is 18.0 Å². The van der Waals surface area contributed by atoms with Crippen LogP contribution in [0.5, 0.6) is 5.75 Å². The highest BCUT2D eigenvalue weighted by molar-refractivity contribution is 7.89. The Morgan fingerprint density at radius 2 is 1.55 bits per heavy atom. The van der Waals surface area contributed by atoms with Gasteiger partial charge in [-0.3, -0.25) is 9.59 Å². The van der Waals surface area contributed by atoms with Crippen LogP contribution in [-0.2, 0) is 36.4 Å². The van der Waals surface area contributed by atoms with Crippen LogP contribution in [-0.4, -0.2) is 68.8 Å². The average molecular weight is 616 g/mol. The number of esters is 1. The summed E-state index contributed by atoms with van der Waals surface area (Å²) < 4.78 is 40.4. The van der Waals surface area contributed by atoms with E-state index >= 15 is 0 Å². The second kappa shape index (κ2) is 13.7. The average Bonchev–Trinajstić information content (AvgIpc) is 2.93. The zero-order valence-corrected chi connectivity index (χ0v) is 25.8. The van der Waals surface area contributed by atoms with Gasteiger partial charge in [0.25, 0.3) is 5.91 Å². The van der Waals surface area contributed by atoms with Gasteiger partial charge in [0.2, 0.25) is 10.0 Å². The molecule has 9 nitrogen and oxygen atoms in total. The fourth-order valence-electron chi connectivity index (χ4n) is 4.71. The molecule has 2 N–H and O–H groups in total. The number of ether oxygens (including phenoxy) is 2. The first kappa shape index (κ1) is 33.1. The van der Waals surface area contributed by atoms with Crippen LogP contribution >= 0.6 is 12.4 Å². The fraction of sp³-hybridized carbons (Fsp3) is 0.355. The second-order valence-electron chi connectivity index (χ2n) is 10.8. The number of nitrogens with two attached hydrogens (primary N) is 1. The first-order chi connectivity index (χ1) is 19.4. The summed E-state index contributed by atoms with van der Waals surface area (Å²) in [6, 6.07) is 24.2. The van der Waals surface area contributed by atoms with Gasteiger partial charge in [-0.1, -0.05) is 74.5 Å². The van der Waals surface area contributed by atoms with Crippen molar-refractivity contribution in [2.24, 2.45) is 11.7 Å². The van der Waals surface area contributed by atoms with E-state index in [1.54, 1.807) is 40.1 Å². The molecule has 42 heavy (non-hydrogen) atoms. The molecule has 1 saturated heterocycles. The van der Waals surface area contributed by atoms with Gasteiger partial charge in [-0.2, -0.15) is 4.31 Å². The molecule has 1 amide bonds. The van der Waals surface area contributed by atoms with Crippen LogP contribution < -0.4 is 10.5 Å². The highest BCUT2D eigenvalue weighted by atomic mass is 35.5. The molecule has 4 rings (SSSR count).